The van der Waals surface area contributed by atoms with Crippen LogP contribution in [0.25, 0.3) is 0 Å². The molecule has 12 nitrogen and oxygen atoms in total. The lowest BCUT2D eigenvalue weighted by Gasteiger charge is -2.33. The van der Waals surface area contributed by atoms with E-state index in [4.69, 9.17) is 9.47 Å². The van der Waals surface area contributed by atoms with Crippen LogP contribution >= 0.6 is 11.8 Å². The highest BCUT2D eigenvalue weighted by Crippen LogP contribution is 2.42. The molecular formula is C26H27N3O9S. The molecule has 0 bridgehead atoms. The zero-order valence-corrected chi connectivity index (χ0v) is 22.2. The number of aliphatic hydroxyl groups is 1. The Labute approximate surface area is 228 Å². The monoisotopic (exact) mass is 557 g/mol. The SMILES string of the molecule is CCOC(=O)C1=C(C)NC(C(O)SCc2ccc([N+](=O)[O-])cc2)=C(C(=O)OCC)C1c1cccc([N+](=O)[O-])c1. The number of rotatable bonds is 11. The zero-order valence-electron chi connectivity index (χ0n) is 21.4. The second-order valence-electron chi connectivity index (χ2n) is 8.30. The van der Waals surface area contributed by atoms with E-state index in [-0.39, 0.29) is 52.7 Å². The van der Waals surface area contributed by atoms with E-state index in [1.807, 2.05) is 0 Å². The molecule has 206 valence electrons. The zero-order chi connectivity index (χ0) is 28.7. The van der Waals surface area contributed by atoms with Gasteiger partial charge in [0.1, 0.15) is 5.44 Å². The molecule has 1 aliphatic rings. The summed E-state index contributed by atoms with van der Waals surface area (Å²) in [7, 11) is 0. The van der Waals surface area contributed by atoms with Gasteiger partial charge in [-0.3, -0.25) is 20.2 Å². The van der Waals surface area contributed by atoms with Crippen LogP contribution in [0.5, 0.6) is 0 Å². The third-order valence-corrected chi connectivity index (χ3v) is 6.85. The Morgan fingerprint density at radius 2 is 1.56 bits per heavy atom. The molecule has 2 unspecified atom stereocenters. The van der Waals surface area contributed by atoms with E-state index >= 15 is 0 Å². The van der Waals surface area contributed by atoms with Gasteiger partial charge in [-0.25, -0.2) is 9.59 Å². The van der Waals surface area contributed by atoms with Gasteiger partial charge in [0.25, 0.3) is 11.4 Å². The molecule has 0 aliphatic carbocycles. The Morgan fingerprint density at radius 1 is 0.974 bits per heavy atom. The average molecular weight is 558 g/mol. The van der Waals surface area contributed by atoms with Crippen molar-refractivity contribution in [1.82, 2.24) is 5.32 Å². The van der Waals surface area contributed by atoms with Gasteiger partial charge in [0.05, 0.1) is 45.8 Å². The molecule has 2 aromatic rings. The predicted octanol–water partition coefficient (Wildman–Crippen LogP) is 4.10. The van der Waals surface area contributed by atoms with Crippen LogP contribution in [0.2, 0.25) is 0 Å². The van der Waals surface area contributed by atoms with Crippen molar-refractivity contribution in [3.63, 3.8) is 0 Å². The van der Waals surface area contributed by atoms with E-state index in [9.17, 15) is 34.9 Å². The van der Waals surface area contributed by atoms with Gasteiger partial charge in [0.15, 0.2) is 0 Å². The predicted molar refractivity (Wildman–Crippen MR) is 142 cm³/mol. The number of ether oxygens (including phenoxy) is 2. The number of esters is 2. The molecule has 3 rings (SSSR count). The van der Waals surface area contributed by atoms with Crippen molar-refractivity contribution in [3.05, 3.63) is 102 Å². The van der Waals surface area contributed by atoms with Crippen molar-refractivity contribution in [2.45, 2.75) is 37.9 Å². The number of aliphatic hydroxyl groups excluding tert-OH is 1. The number of nitrogens with one attached hydrogen (secondary N) is 1. The third kappa shape index (κ3) is 6.81. The summed E-state index contributed by atoms with van der Waals surface area (Å²) in [5.41, 5.74) is -0.367. The van der Waals surface area contributed by atoms with Gasteiger partial charge in [-0.15, -0.1) is 11.8 Å². The summed E-state index contributed by atoms with van der Waals surface area (Å²) in [4.78, 5) is 47.7. The molecule has 0 fully saturated rings. The molecule has 0 saturated heterocycles. The van der Waals surface area contributed by atoms with Crippen molar-refractivity contribution in [2.75, 3.05) is 13.2 Å². The van der Waals surface area contributed by atoms with Crippen LogP contribution in [0.4, 0.5) is 11.4 Å². The van der Waals surface area contributed by atoms with Gasteiger partial charge in [0, 0.05) is 35.7 Å². The quantitative estimate of drug-likeness (QED) is 0.176. The molecule has 39 heavy (non-hydrogen) atoms. The van der Waals surface area contributed by atoms with Crippen LogP contribution in [0.1, 0.15) is 37.8 Å². The van der Waals surface area contributed by atoms with Crippen LogP contribution in [0.3, 0.4) is 0 Å². The summed E-state index contributed by atoms with van der Waals surface area (Å²) in [6.07, 6.45) is 0. The molecule has 2 aromatic carbocycles. The van der Waals surface area contributed by atoms with E-state index in [1.165, 1.54) is 30.3 Å². The lowest BCUT2D eigenvalue weighted by molar-refractivity contribution is -0.385. The number of allylic oxidation sites excluding steroid dienone is 1. The van der Waals surface area contributed by atoms with Crippen LogP contribution in [0.15, 0.2) is 71.1 Å². The Bertz CT molecular complexity index is 1340. The number of thioether (sulfide) groups is 1. The minimum absolute atomic E-state index is 0.000734. The van der Waals surface area contributed by atoms with Crippen molar-refractivity contribution < 1.29 is 34.0 Å². The van der Waals surface area contributed by atoms with Gasteiger partial charge in [0.2, 0.25) is 0 Å². The number of hydrogen-bond donors (Lipinski definition) is 2. The van der Waals surface area contributed by atoms with Crippen molar-refractivity contribution in [3.8, 4) is 0 Å². The Kier molecular flexibility index (Phi) is 9.79. The number of nitro benzene ring substituents is 2. The van der Waals surface area contributed by atoms with Gasteiger partial charge in [-0.05, 0) is 31.9 Å². The summed E-state index contributed by atoms with van der Waals surface area (Å²) in [6, 6.07) is 11.3. The van der Waals surface area contributed by atoms with Crippen molar-refractivity contribution in [2.24, 2.45) is 0 Å². The highest BCUT2D eigenvalue weighted by atomic mass is 32.2. The molecule has 0 spiro atoms. The highest BCUT2D eigenvalue weighted by Gasteiger charge is 2.41. The Balaban J connectivity index is 2.10. The number of nitro groups is 2. The number of nitrogens with zero attached hydrogens (tertiary/aromatic N) is 2. The van der Waals surface area contributed by atoms with Crippen molar-refractivity contribution >= 4 is 35.1 Å². The van der Waals surface area contributed by atoms with E-state index in [1.54, 1.807) is 39.0 Å². The number of benzene rings is 2. The fourth-order valence-corrected chi connectivity index (χ4v) is 4.98. The minimum atomic E-state index is -1.32. The second kappa shape index (κ2) is 13.0. The van der Waals surface area contributed by atoms with Crippen LogP contribution in [0, 0.1) is 20.2 Å². The topological polar surface area (TPSA) is 171 Å². The highest BCUT2D eigenvalue weighted by molar-refractivity contribution is 7.99. The summed E-state index contributed by atoms with van der Waals surface area (Å²) in [6.45, 7) is 4.85. The molecule has 1 aliphatic heterocycles. The second-order valence-corrected chi connectivity index (χ2v) is 9.37. The first-order valence-electron chi connectivity index (χ1n) is 11.9. The van der Waals surface area contributed by atoms with E-state index in [0.29, 0.717) is 11.3 Å². The number of non-ortho nitro benzene ring substituents is 2. The third-order valence-electron chi connectivity index (χ3n) is 5.80. The maximum atomic E-state index is 13.3. The molecule has 0 saturated carbocycles. The minimum Gasteiger partial charge on any atom is -0.463 e. The molecule has 0 aromatic heterocycles. The molecule has 2 N–H and O–H groups in total. The summed E-state index contributed by atoms with van der Waals surface area (Å²) in [5.74, 6) is -2.45. The summed E-state index contributed by atoms with van der Waals surface area (Å²) >= 11 is 1.03. The standard InChI is InChI=1S/C26H27N3O9S/c1-4-37-24(30)20-15(3)27-23(26(32)39-14-16-9-11-18(12-10-16)28(33)34)22(25(31)38-5-2)21(20)17-7-6-8-19(13-17)29(35)36/h6-13,21,26-27,32H,4-5,14H2,1-3H3. The normalized spacial score (nSPS) is 15.8. The fourth-order valence-electron chi connectivity index (χ4n) is 4.09. The lowest BCUT2D eigenvalue weighted by atomic mass is 9.80. The van der Waals surface area contributed by atoms with Gasteiger partial charge >= 0.3 is 11.9 Å². The summed E-state index contributed by atoms with van der Waals surface area (Å²) in [5, 5.41) is 36.6. The van der Waals surface area contributed by atoms with E-state index < -0.39 is 33.1 Å². The van der Waals surface area contributed by atoms with Crippen molar-refractivity contribution in [1.29, 1.82) is 0 Å². The van der Waals surface area contributed by atoms with Gasteiger partial charge in [-0.2, -0.15) is 0 Å². The first-order valence-corrected chi connectivity index (χ1v) is 13.0. The maximum Gasteiger partial charge on any atom is 0.336 e. The smallest absolute Gasteiger partial charge is 0.336 e. The first-order chi connectivity index (χ1) is 18.6. The summed E-state index contributed by atoms with van der Waals surface area (Å²) < 4.78 is 10.5. The molecule has 13 heteroatoms. The molecular weight excluding hydrogens is 530 g/mol. The largest absolute Gasteiger partial charge is 0.463 e. The van der Waals surface area contributed by atoms with Crippen LogP contribution < -0.4 is 5.32 Å². The van der Waals surface area contributed by atoms with Crippen LogP contribution in [-0.4, -0.2) is 45.5 Å². The fraction of sp³-hybridized carbons (Fsp3) is 0.308. The molecule has 0 amide bonds. The molecule has 1 heterocycles. The Morgan fingerprint density at radius 3 is 2.13 bits per heavy atom. The van der Waals surface area contributed by atoms with Gasteiger partial charge in [-0.1, -0.05) is 24.3 Å². The lowest BCUT2D eigenvalue weighted by Crippen LogP contribution is -2.36. The number of dihydropyridines is 1. The number of carbonyl (C=O) groups excluding carboxylic acids is 2. The maximum absolute atomic E-state index is 13.3. The average Bonchev–Trinajstić information content (AvgIpc) is 2.91. The van der Waals surface area contributed by atoms with Crippen LogP contribution in [-0.2, 0) is 24.8 Å². The van der Waals surface area contributed by atoms with E-state index in [0.717, 1.165) is 11.8 Å². The molecule has 0 radical (unpaired) electrons. The first kappa shape index (κ1) is 29.3. The molecule has 2 atom stereocenters. The van der Waals surface area contributed by atoms with Gasteiger partial charge < -0.3 is 19.9 Å². The van der Waals surface area contributed by atoms with E-state index in [2.05, 4.69) is 5.32 Å². The number of hydrogen-bond acceptors (Lipinski definition) is 11. The Hall–Kier alpha value is -4.23. The number of carbonyl (C=O) groups is 2.